The Labute approximate surface area is 132 Å². The number of fused-ring (bicyclic) bond motifs is 2. The van der Waals surface area contributed by atoms with Gasteiger partial charge in [-0.3, -0.25) is 4.90 Å². The second kappa shape index (κ2) is 6.37. The Balaban J connectivity index is 1.98. The van der Waals surface area contributed by atoms with Crippen molar-refractivity contribution in [3.63, 3.8) is 0 Å². The zero-order valence-corrected chi connectivity index (χ0v) is 13.6. The molecule has 1 aromatic rings. The van der Waals surface area contributed by atoms with Crippen LogP contribution in [0, 0.1) is 11.7 Å². The maximum absolute atomic E-state index is 13.3. The Bertz CT molecular complexity index is 543. The average molecular weight is 304 g/mol. The molecule has 120 valence electrons. The van der Waals surface area contributed by atoms with Gasteiger partial charge in [-0.1, -0.05) is 24.2 Å². The van der Waals surface area contributed by atoms with Crippen LogP contribution < -0.4 is 0 Å². The smallest absolute Gasteiger partial charge is 0.123 e. The molecule has 0 amide bonds. The molecule has 3 rings (SSSR count). The molecule has 0 aromatic heterocycles. The first kappa shape index (κ1) is 15.5. The Morgan fingerprint density at radius 3 is 2.68 bits per heavy atom. The Morgan fingerprint density at radius 2 is 2.05 bits per heavy atom. The predicted molar refractivity (Wildman–Crippen MR) is 86.6 cm³/mol. The molecule has 2 aliphatic heterocycles. The number of halogens is 1. The normalized spacial score (nSPS) is 32.3. The highest BCUT2D eigenvalue weighted by Crippen LogP contribution is 2.47. The van der Waals surface area contributed by atoms with Crippen molar-refractivity contribution in [3.05, 3.63) is 35.6 Å². The molecular formula is C18H25FN2O. The number of benzene rings is 1. The second-order valence-corrected chi connectivity index (χ2v) is 6.50. The largest absolute Gasteiger partial charge is 0.399 e. The van der Waals surface area contributed by atoms with Crippen LogP contribution in [0.1, 0.15) is 44.1 Å². The fourth-order valence-electron chi connectivity index (χ4n) is 4.45. The fourth-order valence-corrected chi connectivity index (χ4v) is 4.45. The van der Waals surface area contributed by atoms with Gasteiger partial charge < -0.3 is 4.84 Å². The van der Waals surface area contributed by atoms with Crippen molar-refractivity contribution in [2.45, 2.75) is 50.6 Å². The highest BCUT2D eigenvalue weighted by atomic mass is 19.1. The lowest BCUT2D eigenvalue weighted by Crippen LogP contribution is -2.48. The minimum Gasteiger partial charge on any atom is -0.399 e. The number of nitrogens with zero attached hydrogens (tertiary/aromatic N) is 2. The number of hydrogen-bond acceptors (Lipinski definition) is 3. The van der Waals surface area contributed by atoms with E-state index in [1.54, 1.807) is 19.2 Å². The summed E-state index contributed by atoms with van der Waals surface area (Å²) in [6.45, 7) is 2.14. The van der Waals surface area contributed by atoms with Crippen molar-refractivity contribution in [1.29, 1.82) is 0 Å². The topological polar surface area (TPSA) is 24.8 Å². The molecule has 3 nitrogen and oxygen atoms in total. The van der Waals surface area contributed by atoms with Gasteiger partial charge in [-0.05, 0) is 56.3 Å². The molecule has 0 aliphatic carbocycles. The lowest BCUT2D eigenvalue weighted by molar-refractivity contribution is 0.127. The zero-order chi connectivity index (χ0) is 15.7. The van der Waals surface area contributed by atoms with Crippen molar-refractivity contribution in [3.8, 4) is 0 Å². The summed E-state index contributed by atoms with van der Waals surface area (Å²) in [6, 6.07) is 8.19. The van der Waals surface area contributed by atoms with E-state index in [0.29, 0.717) is 23.9 Å². The van der Waals surface area contributed by atoms with Crippen molar-refractivity contribution in [1.82, 2.24) is 4.90 Å². The summed E-state index contributed by atoms with van der Waals surface area (Å²) < 4.78 is 13.3. The van der Waals surface area contributed by atoms with Gasteiger partial charge >= 0.3 is 0 Å². The first-order chi connectivity index (χ1) is 10.7. The third-order valence-corrected chi connectivity index (χ3v) is 5.52. The summed E-state index contributed by atoms with van der Waals surface area (Å²) >= 11 is 0. The van der Waals surface area contributed by atoms with Gasteiger partial charge in [0.1, 0.15) is 12.9 Å². The molecule has 2 fully saturated rings. The van der Waals surface area contributed by atoms with Crippen molar-refractivity contribution >= 4 is 5.71 Å². The quantitative estimate of drug-likeness (QED) is 0.624. The molecule has 2 bridgehead atoms. The first-order valence-electron chi connectivity index (χ1n) is 8.23. The van der Waals surface area contributed by atoms with Gasteiger partial charge in [0.05, 0.1) is 5.71 Å². The van der Waals surface area contributed by atoms with Crippen LogP contribution in [0.5, 0.6) is 0 Å². The molecule has 2 heterocycles. The fraction of sp³-hybridized carbons (Fsp3) is 0.611. The van der Waals surface area contributed by atoms with Crippen LogP contribution in [-0.4, -0.2) is 36.9 Å². The summed E-state index contributed by atoms with van der Waals surface area (Å²) in [6.07, 6.45) is 4.48. The molecule has 1 aromatic carbocycles. The van der Waals surface area contributed by atoms with E-state index in [1.165, 1.54) is 18.4 Å². The molecule has 0 N–H and O–H groups in total. The van der Waals surface area contributed by atoms with E-state index >= 15 is 0 Å². The number of oxime groups is 1. The summed E-state index contributed by atoms with van der Waals surface area (Å²) in [4.78, 5) is 7.62. The van der Waals surface area contributed by atoms with Crippen LogP contribution in [0.3, 0.4) is 0 Å². The molecule has 2 saturated heterocycles. The number of hydrogen-bond donors (Lipinski definition) is 0. The minimum absolute atomic E-state index is 0.169. The van der Waals surface area contributed by atoms with Gasteiger partial charge in [-0.25, -0.2) is 4.39 Å². The molecule has 0 radical (unpaired) electrons. The van der Waals surface area contributed by atoms with Crippen LogP contribution in [-0.2, 0) is 4.84 Å². The van der Waals surface area contributed by atoms with Gasteiger partial charge in [0, 0.05) is 18.0 Å². The summed E-state index contributed by atoms with van der Waals surface area (Å²) in [7, 11) is 3.85. The van der Waals surface area contributed by atoms with Crippen molar-refractivity contribution in [2.75, 3.05) is 14.2 Å². The lowest BCUT2D eigenvalue weighted by Gasteiger charge is -2.43. The summed E-state index contributed by atoms with van der Waals surface area (Å²) in [5.74, 6) is 0.597. The third-order valence-electron chi connectivity index (χ3n) is 5.52. The van der Waals surface area contributed by atoms with Crippen LogP contribution in [0.25, 0.3) is 0 Å². The van der Waals surface area contributed by atoms with Crippen LogP contribution in [0.4, 0.5) is 4.39 Å². The molecule has 2 aliphatic rings. The Hall–Kier alpha value is -1.42. The van der Waals surface area contributed by atoms with Gasteiger partial charge in [0.15, 0.2) is 0 Å². The van der Waals surface area contributed by atoms with Gasteiger partial charge in [0.2, 0.25) is 0 Å². The maximum Gasteiger partial charge on any atom is 0.123 e. The molecular weight excluding hydrogens is 279 g/mol. The zero-order valence-electron chi connectivity index (χ0n) is 13.6. The van der Waals surface area contributed by atoms with Crippen molar-refractivity contribution in [2.24, 2.45) is 11.1 Å². The highest BCUT2D eigenvalue weighted by Gasteiger charge is 2.47. The number of rotatable bonds is 4. The summed E-state index contributed by atoms with van der Waals surface area (Å²) in [5, 5.41) is 4.33. The van der Waals surface area contributed by atoms with E-state index in [0.717, 1.165) is 18.6 Å². The molecule has 0 spiro atoms. The summed E-state index contributed by atoms with van der Waals surface area (Å²) in [5.41, 5.74) is 2.36. The molecule has 4 unspecified atom stereocenters. The molecule has 4 atom stereocenters. The second-order valence-electron chi connectivity index (χ2n) is 6.50. The lowest BCUT2D eigenvalue weighted by atomic mass is 9.73. The molecule has 4 heteroatoms. The SMILES string of the molecule is CCC(=NOC)C1C(c2ccc(F)cc2)CC2CCC1N2C. The van der Waals surface area contributed by atoms with Gasteiger partial charge in [0.25, 0.3) is 0 Å². The van der Waals surface area contributed by atoms with Crippen LogP contribution >= 0.6 is 0 Å². The van der Waals surface area contributed by atoms with E-state index in [1.807, 2.05) is 12.1 Å². The monoisotopic (exact) mass is 304 g/mol. The van der Waals surface area contributed by atoms with E-state index in [-0.39, 0.29) is 5.82 Å². The predicted octanol–water partition coefficient (Wildman–Crippen LogP) is 3.80. The van der Waals surface area contributed by atoms with E-state index < -0.39 is 0 Å². The highest BCUT2D eigenvalue weighted by molar-refractivity contribution is 5.88. The van der Waals surface area contributed by atoms with E-state index in [2.05, 4.69) is 24.0 Å². The number of piperidine rings is 1. The standard InChI is InChI=1S/C18H25FN2O/c1-4-16(20-22-3)18-15(12-5-7-13(19)8-6-12)11-14-9-10-17(18)21(14)2/h5-8,14-15,17-18H,4,9-11H2,1-3H3. The third kappa shape index (κ3) is 2.65. The van der Waals surface area contributed by atoms with Crippen molar-refractivity contribution < 1.29 is 9.23 Å². The van der Waals surface area contributed by atoms with E-state index in [9.17, 15) is 4.39 Å². The Morgan fingerprint density at radius 1 is 1.32 bits per heavy atom. The van der Waals surface area contributed by atoms with Crippen LogP contribution in [0.2, 0.25) is 0 Å². The average Bonchev–Trinajstić information content (AvgIpc) is 2.76. The Kier molecular flexibility index (Phi) is 4.48. The van der Waals surface area contributed by atoms with Gasteiger partial charge in [-0.15, -0.1) is 0 Å². The first-order valence-corrected chi connectivity index (χ1v) is 8.23. The van der Waals surface area contributed by atoms with Gasteiger partial charge in [-0.2, -0.15) is 0 Å². The minimum atomic E-state index is -0.169. The molecule has 22 heavy (non-hydrogen) atoms. The maximum atomic E-state index is 13.3. The van der Waals surface area contributed by atoms with Crippen LogP contribution in [0.15, 0.2) is 29.4 Å². The molecule has 0 saturated carbocycles. The van der Waals surface area contributed by atoms with E-state index in [4.69, 9.17) is 4.84 Å².